The van der Waals surface area contributed by atoms with Crippen LogP contribution in [0.15, 0.2) is 36.4 Å². The zero-order chi connectivity index (χ0) is 11.7. The van der Waals surface area contributed by atoms with Crippen LogP contribution < -0.4 is 9.92 Å². The summed E-state index contributed by atoms with van der Waals surface area (Å²) in [7, 11) is -1.38. The maximum absolute atomic E-state index is 12.4. The molecule has 86 valence electrons. The van der Waals surface area contributed by atoms with Crippen molar-refractivity contribution < 1.29 is 4.57 Å². The van der Waals surface area contributed by atoms with Crippen LogP contribution in [0.2, 0.25) is 0 Å². The lowest BCUT2D eigenvalue weighted by molar-refractivity contribution is 0.598. The summed E-state index contributed by atoms with van der Waals surface area (Å²) in [6.45, 7) is 0. The summed E-state index contributed by atoms with van der Waals surface area (Å²) >= 11 is 1.75. The fraction of sp³-hybridized carbons (Fsp3) is 0.286. The van der Waals surface area contributed by atoms with Crippen LogP contribution in [0.4, 0.5) is 0 Å². The molecule has 3 rings (SSSR count). The molecule has 1 aromatic heterocycles. The van der Waals surface area contributed by atoms with E-state index in [1.54, 1.807) is 11.3 Å². The van der Waals surface area contributed by atoms with Gasteiger partial charge in [-0.15, -0.1) is 0 Å². The molecule has 1 aliphatic carbocycles. The van der Waals surface area contributed by atoms with Crippen molar-refractivity contribution in [3.8, 4) is 0 Å². The minimum atomic E-state index is -1.38. The fourth-order valence-corrected chi connectivity index (χ4v) is 5.21. The van der Waals surface area contributed by atoms with Gasteiger partial charge in [0.15, 0.2) is 5.30 Å². The van der Waals surface area contributed by atoms with Gasteiger partial charge in [-0.2, -0.15) is 0 Å². The van der Waals surface area contributed by atoms with Crippen LogP contribution in [-0.4, -0.2) is 0 Å². The van der Waals surface area contributed by atoms with Gasteiger partial charge in [0.1, 0.15) is 0 Å². The highest BCUT2D eigenvalue weighted by atomic mass is 32.1. The van der Waals surface area contributed by atoms with Crippen LogP contribution >= 0.6 is 19.1 Å². The molecule has 1 unspecified atom stereocenters. The summed E-state index contributed by atoms with van der Waals surface area (Å²) in [6, 6.07) is 12.0. The number of rotatable bonds is 2. The summed E-state index contributed by atoms with van der Waals surface area (Å²) < 4.78 is 13.5. The van der Waals surface area contributed by atoms with Gasteiger partial charge in [-0.3, -0.25) is 0 Å². The Labute approximate surface area is 106 Å². The smallest absolute Gasteiger partial charge is 0.0923 e. The molecule has 0 aliphatic heterocycles. The second-order valence-electron chi connectivity index (χ2n) is 4.37. The Bertz CT molecular complexity index is 521. The molecule has 3 heteroatoms. The van der Waals surface area contributed by atoms with E-state index >= 15 is 0 Å². The van der Waals surface area contributed by atoms with Gasteiger partial charge in [-0.1, -0.05) is 34.1 Å². The third-order valence-electron chi connectivity index (χ3n) is 3.17. The molecule has 1 aliphatic rings. The number of hydrogen-bond acceptors (Lipinski definition) is 2. The molecule has 0 saturated carbocycles. The molecule has 17 heavy (non-hydrogen) atoms. The van der Waals surface area contributed by atoms with Gasteiger partial charge in [0.25, 0.3) is 0 Å². The number of benzene rings is 1. The normalized spacial score (nSPS) is 15.4. The van der Waals surface area contributed by atoms with Crippen molar-refractivity contribution in [2.24, 2.45) is 0 Å². The molecule has 0 spiro atoms. The van der Waals surface area contributed by atoms with Crippen LogP contribution in [0.1, 0.15) is 23.3 Å². The lowest BCUT2D eigenvalue weighted by atomic mass is 10.00. The Morgan fingerprint density at radius 3 is 2.59 bits per heavy atom. The summed E-state index contributed by atoms with van der Waals surface area (Å²) in [4.78, 5) is 1.46. The molecule has 0 amide bonds. The largest absolute Gasteiger partial charge is 0.426 e. The Hall–Kier alpha value is -0.980. The molecular weight excluding hydrogens is 247 g/mol. The van der Waals surface area contributed by atoms with E-state index in [4.69, 9.17) is 0 Å². The van der Waals surface area contributed by atoms with E-state index in [1.165, 1.54) is 36.1 Å². The first kappa shape index (κ1) is 11.1. The highest BCUT2D eigenvalue weighted by Gasteiger charge is 2.28. The minimum absolute atomic E-state index is 0.945. The van der Waals surface area contributed by atoms with Gasteiger partial charge in [0.2, 0.25) is 4.62 Å². The van der Waals surface area contributed by atoms with Crippen molar-refractivity contribution in [2.45, 2.75) is 25.7 Å². The lowest BCUT2D eigenvalue weighted by Gasteiger charge is -2.08. The molecule has 0 radical (unpaired) electrons. The first-order chi connectivity index (χ1) is 8.34. The minimum Gasteiger partial charge on any atom is -0.0923 e. The van der Waals surface area contributed by atoms with Crippen molar-refractivity contribution in [2.75, 3.05) is 0 Å². The maximum atomic E-state index is 12.4. The summed E-state index contributed by atoms with van der Waals surface area (Å²) in [6.07, 6.45) is 4.92. The van der Waals surface area contributed by atoms with Gasteiger partial charge in [-0.05, 0) is 43.4 Å². The van der Waals surface area contributed by atoms with E-state index in [0.717, 1.165) is 9.92 Å². The fourth-order valence-electron chi connectivity index (χ4n) is 2.27. The number of hydrogen-bond donors (Lipinski definition) is 0. The SMILES string of the molecule is O=[P+](c1ccccc1)c1cc2c(s1)CCCC2. The van der Waals surface area contributed by atoms with Gasteiger partial charge in [0, 0.05) is 10.9 Å². The molecule has 0 bridgehead atoms. The molecule has 1 atom stereocenters. The van der Waals surface area contributed by atoms with Crippen molar-refractivity contribution >= 4 is 29.1 Å². The van der Waals surface area contributed by atoms with Crippen molar-refractivity contribution in [3.05, 3.63) is 46.8 Å². The van der Waals surface area contributed by atoms with E-state index in [1.807, 2.05) is 30.3 Å². The van der Waals surface area contributed by atoms with Crippen LogP contribution in [0.25, 0.3) is 0 Å². The van der Waals surface area contributed by atoms with E-state index in [0.29, 0.717) is 0 Å². The van der Waals surface area contributed by atoms with Crippen molar-refractivity contribution in [1.82, 2.24) is 0 Å². The average Bonchev–Trinajstić information content (AvgIpc) is 2.82. The second-order valence-corrected chi connectivity index (χ2v) is 7.40. The highest BCUT2D eigenvalue weighted by Crippen LogP contribution is 2.31. The average molecular weight is 261 g/mol. The Morgan fingerprint density at radius 1 is 1.06 bits per heavy atom. The lowest BCUT2D eigenvalue weighted by Crippen LogP contribution is -2.02. The molecule has 0 fully saturated rings. The Kier molecular flexibility index (Phi) is 3.09. The Morgan fingerprint density at radius 2 is 1.82 bits per heavy atom. The van der Waals surface area contributed by atoms with Gasteiger partial charge in [-0.25, -0.2) is 0 Å². The molecule has 2 aromatic rings. The van der Waals surface area contributed by atoms with Crippen molar-refractivity contribution in [1.29, 1.82) is 0 Å². The number of thiophene rings is 1. The quantitative estimate of drug-likeness (QED) is 0.757. The van der Waals surface area contributed by atoms with Gasteiger partial charge < -0.3 is 0 Å². The van der Waals surface area contributed by atoms with Crippen molar-refractivity contribution in [3.63, 3.8) is 0 Å². The monoisotopic (exact) mass is 261 g/mol. The summed E-state index contributed by atoms with van der Waals surface area (Å²) in [5, 5.41) is 0.945. The van der Waals surface area contributed by atoms with Crippen LogP contribution in [-0.2, 0) is 17.4 Å². The standard InChI is InChI=1S/C14H14OPS/c15-16(12-7-2-1-3-8-12)14-10-11-6-4-5-9-13(11)17-14/h1-3,7-8,10H,4-6,9H2/q+1. The highest BCUT2D eigenvalue weighted by molar-refractivity contribution is 7.68. The topological polar surface area (TPSA) is 17.1 Å². The van der Waals surface area contributed by atoms with Crippen LogP contribution in [0.5, 0.6) is 0 Å². The van der Waals surface area contributed by atoms with E-state index < -0.39 is 7.80 Å². The molecule has 1 nitrogen and oxygen atoms in total. The third kappa shape index (κ3) is 2.20. The van der Waals surface area contributed by atoms with E-state index in [2.05, 4.69) is 6.07 Å². The molecule has 1 heterocycles. The zero-order valence-corrected chi connectivity index (χ0v) is 11.3. The van der Waals surface area contributed by atoms with E-state index in [-0.39, 0.29) is 0 Å². The maximum Gasteiger partial charge on any atom is 0.426 e. The predicted molar refractivity (Wildman–Crippen MR) is 74.3 cm³/mol. The molecule has 1 aromatic carbocycles. The van der Waals surface area contributed by atoms with Crippen LogP contribution in [0, 0.1) is 0 Å². The van der Waals surface area contributed by atoms with Gasteiger partial charge >= 0.3 is 7.80 Å². The second kappa shape index (κ2) is 4.72. The molecular formula is C14H14OPS+. The number of fused-ring (bicyclic) bond motifs is 1. The van der Waals surface area contributed by atoms with Crippen LogP contribution in [0.3, 0.4) is 0 Å². The third-order valence-corrected chi connectivity index (χ3v) is 6.28. The predicted octanol–water partition coefficient (Wildman–Crippen LogP) is 3.41. The van der Waals surface area contributed by atoms with E-state index in [9.17, 15) is 4.57 Å². The first-order valence-corrected chi connectivity index (χ1v) is 8.06. The summed E-state index contributed by atoms with van der Waals surface area (Å²) in [5.74, 6) is 0. The first-order valence-electron chi connectivity index (χ1n) is 5.98. The van der Waals surface area contributed by atoms with Gasteiger partial charge in [0.05, 0.1) is 0 Å². The molecule has 0 N–H and O–H groups in total. The Balaban J connectivity index is 1.94. The zero-order valence-electron chi connectivity index (χ0n) is 9.56. The molecule has 0 saturated heterocycles. The number of aryl methyl sites for hydroxylation is 2. The summed E-state index contributed by atoms with van der Waals surface area (Å²) in [5.41, 5.74) is 1.44.